The maximum atomic E-state index is 11.6. The van der Waals surface area contributed by atoms with Gasteiger partial charge in [-0.25, -0.2) is 0 Å². The Balaban J connectivity index is 2.45. The van der Waals surface area contributed by atoms with Crippen LogP contribution in [0.25, 0.3) is 0 Å². The highest BCUT2D eigenvalue weighted by Crippen LogP contribution is 2.42. The van der Waals surface area contributed by atoms with E-state index in [1.165, 1.54) is 6.92 Å². The molecule has 2 rings (SSSR count). The summed E-state index contributed by atoms with van der Waals surface area (Å²) in [6.07, 6.45) is -4.24. The molecule has 5 N–H and O–H groups in total. The molecule has 2 saturated heterocycles. The van der Waals surface area contributed by atoms with E-state index in [2.05, 4.69) is 0 Å². The third-order valence-electron chi connectivity index (χ3n) is 2.85. The summed E-state index contributed by atoms with van der Waals surface area (Å²) in [6, 6.07) is 0. The monoisotopic (exact) mass is 223 g/mol. The zero-order chi connectivity index (χ0) is 10.7. The number of ether oxygens (including phenoxy) is 1. The average molecular weight is 223 g/mol. The third kappa shape index (κ3) is 1.05. The van der Waals surface area contributed by atoms with Crippen molar-refractivity contribution in [3.05, 3.63) is 0 Å². The minimum absolute atomic E-state index is 0.0127. The highest BCUT2D eigenvalue weighted by molar-refractivity contribution is 7.86. The molecule has 0 aromatic carbocycles. The normalized spacial score (nSPS) is 62.9. The second kappa shape index (κ2) is 2.75. The minimum atomic E-state index is -1.76. The molecule has 0 aliphatic carbocycles. The smallest absolute Gasteiger partial charge is 0.223 e. The summed E-state index contributed by atoms with van der Waals surface area (Å²) in [7, 11) is -1.62. The zero-order valence-electron chi connectivity index (χ0n) is 7.58. The number of aliphatic hydroxyl groups excluding tert-OH is 3. The molecule has 0 saturated carbocycles. The Bertz CT molecular complexity index is 300. The first-order chi connectivity index (χ1) is 6.31. The van der Waals surface area contributed by atoms with Gasteiger partial charge in [0.15, 0.2) is 0 Å². The molecule has 6 atom stereocenters. The maximum Gasteiger partial charge on any atom is 0.223 e. The summed E-state index contributed by atoms with van der Waals surface area (Å²) in [6.45, 7) is 1.51. The van der Waals surface area contributed by atoms with Gasteiger partial charge in [-0.05, 0) is 6.92 Å². The highest BCUT2D eigenvalue weighted by Gasteiger charge is 2.65. The van der Waals surface area contributed by atoms with Gasteiger partial charge in [0.1, 0.15) is 23.9 Å². The van der Waals surface area contributed by atoms with E-state index in [0.29, 0.717) is 0 Å². The Morgan fingerprint density at radius 3 is 2.57 bits per heavy atom. The molecule has 2 aliphatic heterocycles. The van der Waals surface area contributed by atoms with Crippen LogP contribution in [0, 0.1) is 0 Å². The summed E-state index contributed by atoms with van der Waals surface area (Å²) in [4.78, 5) is 0. The molecule has 2 aliphatic rings. The molecule has 14 heavy (non-hydrogen) atoms. The van der Waals surface area contributed by atoms with Gasteiger partial charge in [-0.3, -0.25) is 9.94 Å². The van der Waals surface area contributed by atoms with Crippen molar-refractivity contribution in [3.63, 3.8) is 0 Å². The van der Waals surface area contributed by atoms with Crippen molar-refractivity contribution in [3.8, 4) is 0 Å². The second-order valence-electron chi connectivity index (χ2n) is 4.01. The zero-order valence-corrected chi connectivity index (χ0v) is 8.40. The molecule has 0 aromatic heterocycles. The molecule has 6 nitrogen and oxygen atoms in total. The van der Waals surface area contributed by atoms with Crippen LogP contribution >= 0.6 is 0 Å². The topological polar surface area (TPSA) is 113 Å². The Morgan fingerprint density at radius 2 is 2.00 bits per heavy atom. The first kappa shape index (κ1) is 10.5. The van der Waals surface area contributed by atoms with Gasteiger partial charge < -0.3 is 20.1 Å². The van der Waals surface area contributed by atoms with Crippen molar-refractivity contribution < 1.29 is 24.3 Å². The van der Waals surface area contributed by atoms with Crippen LogP contribution in [0.15, 0.2) is 0 Å². The van der Waals surface area contributed by atoms with E-state index in [9.17, 15) is 19.5 Å². The molecule has 6 unspecified atom stereocenters. The lowest BCUT2D eigenvalue weighted by atomic mass is 9.89. The van der Waals surface area contributed by atoms with Crippen LogP contribution in [0.4, 0.5) is 0 Å². The lowest BCUT2D eigenvalue weighted by Gasteiger charge is -2.43. The van der Waals surface area contributed by atoms with Crippen molar-refractivity contribution in [2.75, 3.05) is 5.75 Å². The second-order valence-corrected chi connectivity index (χ2v) is 5.62. The van der Waals surface area contributed by atoms with E-state index in [0.717, 1.165) is 0 Å². The van der Waals surface area contributed by atoms with Gasteiger partial charge in [0.25, 0.3) is 0 Å². The predicted octanol–water partition coefficient (Wildman–Crippen LogP) is -2.77. The number of nitrogens with two attached hydrogens (primary N) is 1. The number of aliphatic hydroxyl groups is 3. The van der Waals surface area contributed by atoms with Gasteiger partial charge in [-0.2, -0.15) is 0 Å². The summed E-state index contributed by atoms with van der Waals surface area (Å²) in [5.74, 6) is 0.0127. The maximum absolute atomic E-state index is 11.6. The van der Waals surface area contributed by atoms with Gasteiger partial charge in [-0.1, -0.05) is 0 Å². The van der Waals surface area contributed by atoms with Gasteiger partial charge >= 0.3 is 0 Å². The average Bonchev–Trinajstić information content (AvgIpc) is 2.33. The van der Waals surface area contributed by atoms with Crippen LogP contribution in [0.5, 0.6) is 0 Å². The van der Waals surface area contributed by atoms with Crippen molar-refractivity contribution in [2.45, 2.75) is 35.9 Å². The molecule has 82 valence electrons. The molecule has 2 bridgehead atoms. The molecular weight excluding hydrogens is 210 g/mol. The Morgan fingerprint density at radius 1 is 1.43 bits per heavy atom. The standard InChI is InChI=1S/C7H13NO5S/c1-6-2-14(12)7(8,13-6)5(11)3(9)4(6)10/h3-5,9-11H,2,8H2,1H3. The van der Waals surface area contributed by atoms with Crippen LogP contribution < -0.4 is 5.73 Å². The van der Waals surface area contributed by atoms with Crippen LogP contribution in [0.1, 0.15) is 6.92 Å². The fraction of sp³-hybridized carbons (Fsp3) is 1.00. The summed E-state index contributed by atoms with van der Waals surface area (Å²) >= 11 is 0. The lowest BCUT2D eigenvalue weighted by molar-refractivity contribution is -0.256. The van der Waals surface area contributed by atoms with Gasteiger partial charge in [0.2, 0.25) is 5.06 Å². The van der Waals surface area contributed by atoms with Crippen LogP contribution in [-0.2, 0) is 15.5 Å². The van der Waals surface area contributed by atoms with Gasteiger partial charge in [0, 0.05) is 0 Å². The summed E-state index contributed by atoms with van der Waals surface area (Å²) in [5.41, 5.74) is 4.44. The third-order valence-corrected chi connectivity index (χ3v) is 4.72. The quantitative estimate of drug-likeness (QED) is 0.354. The van der Waals surface area contributed by atoms with Crippen molar-refractivity contribution in [2.24, 2.45) is 5.73 Å². The number of fused-ring (bicyclic) bond motifs is 2. The van der Waals surface area contributed by atoms with Crippen molar-refractivity contribution >= 4 is 10.8 Å². The molecule has 2 heterocycles. The predicted molar refractivity (Wildman–Crippen MR) is 47.4 cm³/mol. The largest absolute Gasteiger partial charge is 0.387 e. The number of hydrogen-bond acceptors (Lipinski definition) is 6. The number of rotatable bonds is 0. The van der Waals surface area contributed by atoms with Gasteiger partial charge in [0.05, 0.1) is 16.6 Å². The van der Waals surface area contributed by atoms with E-state index in [-0.39, 0.29) is 5.75 Å². The van der Waals surface area contributed by atoms with E-state index in [4.69, 9.17) is 10.5 Å². The fourth-order valence-electron chi connectivity index (χ4n) is 1.93. The molecule has 2 fully saturated rings. The van der Waals surface area contributed by atoms with E-state index in [1.807, 2.05) is 0 Å². The molecule has 0 aromatic rings. The summed E-state index contributed by atoms with van der Waals surface area (Å²) in [5, 5.41) is 26.9. The number of hydrogen-bond donors (Lipinski definition) is 4. The first-order valence-electron chi connectivity index (χ1n) is 4.23. The van der Waals surface area contributed by atoms with Crippen molar-refractivity contribution in [1.82, 2.24) is 0 Å². The van der Waals surface area contributed by atoms with Crippen LogP contribution in [-0.4, -0.2) is 54.3 Å². The van der Waals surface area contributed by atoms with E-state index < -0.39 is 39.8 Å². The molecule has 0 radical (unpaired) electrons. The molecular formula is C7H13NO5S. The Hall–Kier alpha value is -0.0500. The molecule has 0 amide bonds. The van der Waals surface area contributed by atoms with Crippen molar-refractivity contribution in [1.29, 1.82) is 0 Å². The summed E-state index contributed by atoms with van der Waals surface area (Å²) < 4.78 is 16.8. The van der Waals surface area contributed by atoms with Crippen LogP contribution in [0.2, 0.25) is 0 Å². The highest BCUT2D eigenvalue weighted by atomic mass is 32.2. The Labute approximate surface area is 83.1 Å². The van der Waals surface area contributed by atoms with Gasteiger partial charge in [-0.15, -0.1) is 0 Å². The van der Waals surface area contributed by atoms with Crippen LogP contribution in [0.3, 0.4) is 0 Å². The van der Waals surface area contributed by atoms with E-state index in [1.54, 1.807) is 0 Å². The first-order valence-corrected chi connectivity index (χ1v) is 5.55. The minimum Gasteiger partial charge on any atom is -0.387 e. The molecule has 7 heteroatoms. The SMILES string of the molecule is CC12CS(=O)C(N)(O1)C(O)C(O)C2O. The van der Waals surface area contributed by atoms with E-state index >= 15 is 0 Å². The Kier molecular flexibility index (Phi) is 2.05. The fourth-order valence-corrected chi connectivity index (χ4v) is 3.59. The molecule has 0 spiro atoms. The lowest BCUT2D eigenvalue weighted by Crippen LogP contribution is -2.68.